The number of nitrogens with zero attached hydrogens (tertiary/aromatic N) is 3. The van der Waals surface area contributed by atoms with Crippen LogP contribution in [0.5, 0.6) is 23.0 Å². The molecule has 0 N–H and O–H groups in total. The second-order valence-electron chi connectivity index (χ2n) is 18.4. The van der Waals surface area contributed by atoms with Crippen LogP contribution in [0.3, 0.4) is 0 Å². The van der Waals surface area contributed by atoms with Gasteiger partial charge in [-0.3, -0.25) is 0 Å². The molecule has 4 aliphatic rings. The molecule has 1 aliphatic carbocycles. The lowest BCUT2D eigenvalue weighted by Crippen LogP contribution is -2.50. The van der Waals surface area contributed by atoms with E-state index in [-0.39, 0.29) is 23.8 Å². The van der Waals surface area contributed by atoms with E-state index in [0.29, 0.717) is 28.6 Å². The number of hydrogen-bond acceptors (Lipinski definition) is 3. The molecule has 63 heavy (non-hydrogen) atoms. The van der Waals surface area contributed by atoms with E-state index in [1.165, 1.54) is 61.4 Å². The van der Waals surface area contributed by atoms with Crippen molar-refractivity contribution < 1.29 is 23.0 Å². The lowest BCUT2D eigenvalue weighted by molar-refractivity contribution is -0.759. The zero-order valence-electron chi connectivity index (χ0n) is 35.5. The summed E-state index contributed by atoms with van der Waals surface area (Å²) in [6.45, 7) is 9.36. The van der Waals surface area contributed by atoms with E-state index >= 15 is 0 Å². The van der Waals surface area contributed by atoms with Crippen LogP contribution < -0.4 is 18.6 Å². The van der Waals surface area contributed by atoms with E-state index in [9.17, 15) is 0 Å². The standard InChI is InChI=1S/C57H43N3O3/c1-32(2)40-30-35(34-16-6-5-7-17-34)31-41(33(3)4)51(40)59-44-21-10-11-22-45(44)60-56(59)49-42(57(60)50-37-19-9-8-18-36(37)43-20-14-15-29-58(43)55(50)57)27-25-38-39-26-28-48-54(53(39)63-52(38)49)62-47-24-13-12-23-46(47)61-48/h5-33,50,55H,1-4H3/q+2. The SMILES string of the molecule is CC(C)c1cc(-c2ccccc2)cc(C(C)C)c1-n1c2[n+](c3ccccc31)C1(c3ccc4c(oc5c6c(ccc54)Oc4ccccc4O6)c3-2)C2c3ccccc3-c3cccc[n+]3C21. The fourth-order valence-corrected chi connectivity index (χ4v) is 11.8. The van der Waals surface area contributed by atoms with Gasteiger partial charge < -0.3 is 13.9 Å². The molecule has 1 saturated carbocycles. The minimum atomic E-state index is -0.450. The molecule has 3 aliphatic heterocycles. The Morgan fingerprint density at radius 1 is 0.603 bits per heavy atom. The summed E-state index contributed by atoms with van der Waals surface area (Å²) in [7, 11) is 0. The third kappa shape index (κ3) is 4.42. The Labute approximate surface area is 364 Å². The molecule has 7 aromatic carbocycles. The molecule has 1 spiro atoms. The molecule has 302 valence electrons. The first-order chi connectivity index (χ1) is 30.9. The Bertz CT molecular complexity index is 3530. The van der Waals surface area contributed by atoms with Gasteiger partial charge in [0.25, 0.3) is 5.82 Å². The normalized spacial score (nSPS) is 18.4. The topological polar surface area (TPSA) is 44.3 Å². The Morgan fingerprint density at radius 2 is 1.29 bits per heavy atom. The highest BCUT2D eigenvalue weighted by Gasteiger charge is 2.84. The molecule has 14 rings (SSSR count). The van der Waals surface area contributed by atoms with Gasteiger partial charge in [0, 0.05) is 39.6 Å². The van der Waals surface area contributed by atoms with Gasteiger partial charge in [-0.25, -0.2) is 4.57 Å². The Balaban J connectivity index is 1.14. The highest BCUT2D eigenvalue weighted by Crippen LogP contribution is 2.72. The van der Waals surface area contributed by atoms with Crippen molar-refractivity contribution in [1.82, 2.24) is 4.57 Å². The summed E-state index contributed by atoms with van der Waals surface area (Å²) >= 11 is 0. The van der Waals surface area contributed by atoms with Crippen molar-refractivity contribution in [3.8, 4) is 62.5 Å². The van der Waals surface area contributed by atoms with E-state index in [4.69, 9.17) is 13.9 Å². The molecule has 3 aromatic heterocycles. The monoisotopic (exact) mass is 817 g/mol. The van der Waals surface area contributed by atoms with Crippen molar-refractivity contribution in [3.05, 3.63) is 186 Å². The van der Waals surface area contributed by atoms with Crippen molar-refractivity contribution in [2.45, 2.75) is 57.0 Å². The first-order valence-corrected chi connectivity index (χ1v) is 22.3. The van der Waals surface area contributed by atoms with Crippen molar-refractivity contribution in [2.75, 3.05) is 0 Å². The first-order valence-electron chi connectivity index (χ1n) is 22.3. The van der Waals surface area contributed by atoms with Gasteiger partial charge in [-0.2, -0.15) is 9.13 Å². The summed E-state index contributed by atoms with van der Waals surface area (Å²) in [6.07, 6.45) is 2.30. The molecule has 0 saturated heterocycles. The van der Waals surface area contributed by atoms with E-state index in [1.807, 2.05) is 30.3 Å². The Morgan fingerprint density at radius 3 is 2.10 bits per heavy atom. The van der Waals surface area contributed by atoms with Crippen molar-refractivity contribution in [2.24, 2.45) is 0 Å². The average Bonchev–Trinajstić information content (AvgIpc) is 3.52. The highest BCUT2D eigenvalue weighted by molar-refractivity contribution is 6.13. The number of hydrogen-bond donors (Lipinski definition) is 0. The molecule has 1 fully saturated rings. The summed E-state index contributed by atoms with van der Waals surface area (Å²) in [5, 5.41) is 2.06. The number of rotatable bonds is 4. The Kier molecular flexibility index (Phi) is 6.90. The van der Waals surface area contributed by atoms with Crippen LogP contribution in [-0.4, -0.2) is 4.57 Å². The highest BCUT2D eigenvalue weighted by atomic mass is 16.6. The van der Waals surface area contributed by atoms with Gasteiger partial charge in [0.05, 0.1) is 5.56 Å². The van der Waals surface area contributed by atoms with Crippen molar-refractivity contribution >= 4 is 33.0 Å². The third-order valence-corrected chi connectivity index (χ3v) is 14.5. The van der Waals surface area contributed by atoms with Gasteiger partial charge >= 0.3 is 0 Å². The molecular formula is C57H43N3O3+2. The second kappa shape index (κ2) is 12.4. The zero-order chi connectivity index (χ0) is 41.9. The van der Waals surface area contributed by atoms with Crippen LogP contribution in [0.15, 0.2) is 168 Å². The lowest BCUT2D eigenvalue weighted by Gasteiger charge is -2.20. The second-order valence-corrected chi connectivity index (χ2v) is 18.4. The van der Waals surface area contributed by atoms with Crippen molar-refractivity contribution in [3.63, 3.8) is 0 Å². The summed E-state index contributed by atoms with van der Waals surface area (Å²) in [5.74, 6) is 4.44. The predicted octanol–water partition coefficient (Wildman–Crippen LogP) is 13.7. The maximum atomic E-state index is 7.36. The fraction of sp³-hybridized carbons (Fsp3) is 0.158. The predicted molar refractivity (Wildman–Crippen MR) is 247 cm³/mol. The van der Waals surface area contributed by atoms with Crippen LogP contribution in [0, 0.1) is 0 Å². The molecule has 3 atom stereocenters. The van der Waals surface area contributed by atoms with Gasteiger partial charge in [-0.15, -0.1) is 0 Å². The molecular weight excluding hydrogens is 775 g/mol. The largest absolute Gasteiger partial charge is 0.451 e. The fourth-order valence-electron chi connectivity index (χ4n) is 11.8. The summed E-state index contributed by atoms with van der Waals surface area (Å²) in [6, 6.07) is 57.4. The minimum Gasteiger partial charge on any atom is -0.451 e. The smallest absolute Gasteiger partial charge is 0.300 e. The number of para-hydroxylation sites is 4. The van der Waals surface area contributed by atoms with Crippen LogP contribution in [0.1, 0.15) is 73.7 Å². The maximum absolute atomic E-state index is 7.36. The molecule has 0 amide bonds. The van der Waals surface area contributed by atoms with Crippen molar-refractivity contribution in [1.29, 1.82) is 0 Å². The van der Waals surface area contributed by atoms with Crippen LogP contribution in [0.2, 0.25) is 0 Å². The van der Waals surface area contributed by atoms with Crippen LogP contribution in [0.25, 0.3) is 72.4 Å². The average molecular weight is 818 g/mol. The molecule has 3 unspecified atom stereocenters. The first kappa shape index (κ1) is 35.2. The maximum Gasteiger partial charge on any atom is 0.300 e. The van der Waals surface area contributed by atoms with E-state index in [1.54, 1.807) is 0 Å². The number of ether oxygens (including phenoxy) is 2. The van der Waals surface area contributed by atoms with Gasteiger partial charge in [0.1, 0.15) is 17.2 Å². The number of benzene rings is 7. The van der Waals surface area contributed by atoms with Crippen LogP contribution in [0.4, 0.5) is 0 Å². The molecule has 6 heterocycles. The number of pyridine rings is 1. The minimum absolute atomic E-state index is 0.130. The van der Waals surface area contributed by atoms with E-state index in [2.05, 4.69) is 175 Å². The van der Waals surface area contributed by atoms with Crippen LogP contribution in [-0.2, 0) is 5.54 Å². The molecule has 0 bridgehead atoms. The zero-order valence-corrected chi connectivity index (χ0v) is 35.5. The summed E-state index contributed by atoms with van der Waals surface area (Å²) in [5.41, 5.74) is 16.2. The molecule has 6 heteroatoms. The molecule has 0 radical (unpaired) electrons. The van der Waals surface area contributed by atoms with E-state index in [0.717, 1.165) is 27.7 Å². The van der Waals surface area contributed by atoms with Gasteiger partial charge in [0.2, 0.25) is 23.0 Å². The number of aromatic nitrogens is 3. The number of furan rings is 1. The number of imidazole rings is 1. The lowest BCUT2D eigenvalue weighted by atomic mass is 9.88. The quantitative estimate of drug-likeness (QED) is 0.166. The molecule has 10 aromatic rings. The Hall–Kier alpha value is -7.44. The number of fused-ring (bicyclic) bond motifs is 22. The van der Waals surface area contributed by atoms with Gasteiger partial charge in [-0.05, 0) is 95.3 Å². The summed E-state index contributed by atoms with van der Waals surface area (Å²) in [4.78, 5) is 0. The van der Waals surface area contributed by atoms with Gasteiger partial charge in [0.15, 0.2) is 45.6 Å². The van der Waals surface area contributed by atoms with E-state index < -0.39 is 5.54 Å². The summed E-state index contributed by atoms with van der Waals surface area (Å²) < 4.78 is 28.4. The third-order valence-electron chi connectivity index (χ3n) is 14.5. The van der Waals surface area contributed by atoms with Gasteiger partial charge in [-0.1, -0.05) is 107 Å². The molecule has 6 nitrogen and oxygen atoms in total. The van der Waals surface area contributed by atoms with Crippen LogP contribution >= 0.6 is 0 Å².